The Bertz CT molecular complexity index is 543. The van der Waals surface area contributed by atoms with E-state index in [-0.39, 0.29) is 13.0 Å². The normalized spacial score (nSPS) is 13.1. The molecule has 1 atom stereocenters. The highest BCUT2D eigenvalue weighted by atomic mass is 79.9. The third-order valence-electron chi connectivity index (χ3n) is 2.82. The van der Waals surface area contributed by atoms with Crippen molar-refractivity contribution in [3.63, 3.8) is 0 Å². The molecule has 0 aliphatic heterocycles. The Labute approximate surface area is 130 Å². The van der Waals surface area contributed by atoms with Crippen molar-refractivity contribution in [3.05, 3.63) is 34.3 Å². The summed E-state index contributed by atoms with van der Waals surface area (Å²) < 4.78 is 0.880. The number of carbonyl (C=O) groups excluding carboxylic acids is 3. The number of amides is 4. The minimum atomic E-state index is -1.22. The fourth-order valence-corrected chi connectivity index (χ4v) is 1.86. The van der Waals surface area contributed by atoms with E-state index in [2.05, 4.69) is 21.2 Å². The second kappa shape index (κ2) is 7.19. The van der Waals surface area contributed by atoms with Gasteiger partial charge in [-0.25, -0.2) is 4.79 Å². The predicted octanol–water partition coefficient (Wildman–Crippen LogP) is 0.324. The Morgan fingerprint density at radius 1 is 1.24 bits per heavy atom. The third-order valence-corrected chi connectivity index (χ3v) is 3.34. The number of hydrogen-bond acceptors (Lipinski definition) is 4. The second-order valence-electron chi connectivity index (χ2n) is 4.63. The van der Waals surface area contributed by atoms with Gasteiger partial charge in [-0.1, -0.05) is 28.1 Å². The first-order valence-electron chi connectivity index (χ1n) is 6.16. The summed E-state index contributed by atoms with van der Waals surface area (Å²) in [6.07, 6.45) is -0.0644. The summed E-state index contributed by atoms with van der Waals surface area (Å²) >= 11 is 3.30. The van der Waals surface area contributed by atoms with Crippen molar-refractivity contribution in [2.75, 3.05) is 6.54 Å². The molecule has 0 bridgehead atoms. The van der Waals surface area contributed by atoms with Gasteiger partial charge < -0.3 is 16.8 Å². The topological polar surface area (TPSA) is 127 Å². The second-order valence-corrected chi connectivity index (χ2v) is 5.54. The minimum absolute atomic E-state index is 0.0568. The molecule has 0 aliphatic carbocycles. The Morgan fingerprint density at radius 3 is 2.33 bits per heavy atom. The van der Waals surface area contributed by atoms with Crippen LogP contribution in [0.4, 0.5) is 4.79 Å². The average molecular weight is 357 g/mol. The number of hydrogen-bond donors (Lipinski definition) is 4. The van der Waals surface area contributed by atoms with Gasteiger partial charge in [0.05, 0.1) is 0 Å². The number of nitrogens with two attached hydrogens (primary N) is 2. The van der Waals surface area contributed by atoms with E-state index >= 15 is 0 Å². The molecule has 0 aromatic heterocycles. The van der Waals surface area contributed by atoms with Crippen LogP contribution in [0.1, 0.15) is 18.9 Å². The molecule has 1 unspecified atom stereocenters. The van der Waals surface area contributed by atoms with Crippen LogP contribution in [0.2, 0.25) is 0 Å². The molecule has 114 valence electrons. The van der Waals surface area contributed by atoms with E-state index in [1.807, 2.05) is 5.32 Å². The number of rotatable bonds is 5. The molecule has 7 nitrogen and oxygen atoms in total. The fraction of sp³-hybridized carbons (Fsp3) is 0.308. The fourth-order valence-electron chi connectivity index (χ4n) is 1.60. The summed E-state index contributed by atoms with van der Waals surface area (Å²) in [4.78, 5) is 33.7. The van der Waals surface area contributed by atoms with Crippen molar-refractivity contribution >= 4 is 33.8 Å². The lowest BCUT2D eigenvalue weighted by Gasteiger charge is -2.24. The lowest BCUT2D eigenvalue weighted by molar-refractivity contribution is -0.126. The zero-order valence-electron chi connectivity index (χ0n) is 11.5. The van der Waals surface area contributed by atoms with E-state index < -0.39 is 23.4 Å². The van der Waals surface area contributed by atoms with Gasteiger partial charge in [0.2, 0.25) is 11.8 Å². The Kier molecular flexibility index (Phi) is 5.86. The summed E-state index contributed by atoms with van der Waals surface area (Å²) in [6.45, 7) is 1.64. The number of nitrogens with one attached hydrogen (secondary N) is 2. The summed E-state index contributed by atoms with van der Waals surface area (Å²) in [6, 6.07) is 6.12. The van der Waals surface area contributed by atoms with E-state index in [1.165, 1.54) is 0 Å². The van der Waals surface area contributed by atoms with Crippen molar-refractivity contribution in [1.29, 1.82) is 0 Å². The predicted molar refractivity (Wildman–Crippen MR) is 81.0 cm³/mol. The van der Waals surface area contributed by atoms with E-state index in [9.17, 15) is 14.4 Å². The van der Waals surface area contributed by atoms with Crippen molar-refractivity contribution in [1.82, 2.24) is 10.6 Å². The average Bonchev–Trinajstić information content (AvgIpc) is 2.38. The number of benzene rings is 1. The number of imide groups is 1. The Hall–Kier alpha value is -1.93. The molecule has 0 spiro atoms. The van der Waals surface area contributed by atoms with Gasteiger partial charge in [-0.2, -0.15) is 0 Å². The third kappa shape index (κ3) is 5.16. The number of primary amides is 1. The quantitative estimate of drug-likeness (QED) is 0.605. The van der Waals surface area contributed by atoms with Crippen LogP contribution >= 0.6 is 15.9 Å². The maximum absolute atomic E-state index is 12.1. The Balaban J connectivity index is 2.56. The summed E-state index contributed by atoms with van der Waals surface area (Å²) in [5.41, 5.74) is 10.2. The number of halogens is 1. The highest BCUT2D eigenvalue weighted by Gasteiger charge is 2.30. The smallest absolute Gasteiger partial charge is 0.318 e. The minimum Gasteiger partial charge on any atom is -0.354 e. The van der Waals surface area contributed by atoms with Crippen molar-refractivity contribution in [2.45, 2.75) is 18.9 Å². The molecular weight excluding hydrogens is 340 g/mol. The van der Waals surface area contributed by atoms with Gasteiger partial charge in [0.25, 0.3) is 0 Å². The summed E-state index contributed by atoms with van der Waals surface area (Å²) in [5, 5.41) is 4.46. The molecule has 6 N–H and O–H groups in total. The van der Waals surface area contributed by atoms with Crippen LogP contribution in [0.15, 0.2) is 28.7 Å². The highest BCUT2D eigenvalue weighted by Crippen LogP contribution is 2.20. The zero-order chi connectivity index (χ0) is 16.0. The molecule has 0 saturated heterocycles. The first-order chi connectivity index (χ1) is 9.73. The van der Waals surface area contributed by atoms with Crippen LogP contribution in [0, 0.1) is 0 Å². The van der Waals surface area contributed by atoms with E-state index in [4.69, 9.17) is 11.5 Å². The molecule has 0 aliphatic rings. The molecule has 0 fully saturated rings. The van der Waals surface area contributed by atoms with E-state index in [0.29, 0.717) is 5.56 Å². The van der Waals surface area contributed by atoms with Crippen molar-refractivity contribution in [2.24, 2.45) is 11.5 Å². The van der Waals surface area contributed by atoms with Gasteiger partial charge >= 0.3 is 6.03 Å². The highest BCUT2D eigenvalue weighted by molar-refractivity contribution is 9.10. The van der Waals surface area contributed by atoms with Crippen LogP contribution in [0.5, 0.6) is 0 Å². The first kappa shape index (κ1) is 17.1. The molecule has 1 aromatic carbocycles. The lowest BCUT2D eigenvalue weighted by Crippen LogP contribution is -2.49. The SMILES string of the molecule is CC(N)(C(=O)NCCC(=O)NC(N)=O)c1ccc(Br)cc1. The van der Waals surface area contributed by atoms with E-state index in [1.54, 1.807) is 31.2 Å². The molecule has 4 amide bonds. The number of carbonyl (C=O) groups is 3. The zero-order valence-corrected chi connectivity index (χ0v) is 13.1. The van der Waals surface area contributed by atoms with Crippen LogP contribution < -0.4 is 22.1 Å². The first-order valence-corrected chi connectivity index (χ1v) is 6.95. The standard InChI is InChI=1S/C13H17BrN4O3/c1-13(16,8-2-4-9(14)5-3-8)11(20)17-7-6-10(19)18-12(15)21/h2-5H,6-7,16H2,1H3,(H,17,20)(H3,15,18,19,21). The maximum Gasteiger partial charge on any atom is 0.318 e. The molecule has 0 heterocycles. The molecule has 8 heteroatoms. The summed E-state index contributed by atoms with van der Waals surface area (Å²) in [5.74, 6) is -0.984. The number of urea groups is 1. The maximum atomic E-state index is 12.1. The monoisotopic (exact) mass is 356 g/mol. The lowest BCUT2D eigenvalue weighted by atomic mass is 9.92. The molecule has 0 radical (unpaired) electrons. The van der Waals surface area contributed by atoms with Gasteiger partial charge in [0.15, 0.2) is 0 Å². The molecular formula is C13H17BrN4O3. The van der Waals surface area contributed by atoms with Crippen molar-refractivity contribution in [3.8, 4) is 0 Å². The Morgan fingerprint density at radius 2 is 1.81 bits per heavy atom. The van der Waals surface area contributed by atoms with Gasteiger partial charge in [0, 0.05) is 17.4 Å². The van der Waals surface area contributed by atoms with Gasteiger partial charge in [-0.05, 0) is 24.6 Å². The van der Waals surface area contributed by atoms with Crippen LogP contribution in [0.3, 0.4) is 0 Å². The van der Waals surface area contributed by atoms with Gasteiger partial charge in [-0.15, -0.1) is 0 Å². The van der Waals surface area contributed by atoms with Crippen LogP contribution in [-0.4, -0.2) is 24.4 Å². The molecule has 1 aromatic rings. The van der Waals surface area contributed by atoms with Crippen LogP contribution in [0.25, 0.3) is 0 Å². The van der Waals surface area contributed by atoms with Gasteiger partial charge in [0.1, 0.15) is 5.54 Å². The molecule has 21 heavy (non-hydrogen) atoms. The molecule has 0 saturated carbocycles. The molecule has 1 rings (SSSR count). The summed E-state index contributed by atoms with van der Waals surface area (Å²) in [7, 11) is 0. The van der Waals surface area contributed by atoms with Crippen molar-refractivity contribution < 1.29 is 14.4 Å². The van der Waals surface area contributed by atoms with Gasteiger partial charge in [-0.3, -0.25) is 14.9 Å². The van der Waals surface area contributed by atoms with Crippen LogP contribution in [-0.2, 0) is 15.1 Å². The largest absolute Gasteiger partial charge is 0.354 e. The van der Waals surface area contributed by atoms with E-state index in [0.717, 1.165) is 4.47 Å².